The molecule has 4 saturated carbocycles. The third kappa shape index (κ3) is 7.61. The van der Waals surface area contributed by atoms with Crippen LogP contribution in [0, 0.1) is 30.1 Å². The smallest absolute Gasteiger partial charge is 1.00 e. The van der Waals surface area contributed by atoms with E-state index in [-0.39, 0.29) is 26.2 Å². The fourth-order valence-electron chi connectivity index (χ4n) is 7.91. The Bertz CT molecular complexity index is 1240. The van der Waals surface area contributed by atoms with Gasteiger partial charge in [0.05, 0.1) is 0 Å². The molecule has 3 N–H and O–H groups in total. The summed E-state index contributed by atoms with van der Waals surface area (Å²) in [5.41, 5.74) is 4.46. The Morgan fingerprint density at radius 1 is 1.02 bits per heavy atom. The van der Waals surface area contributed by atoms with E-state index in [1.54, 1.807) is 17.8 Å². The molecule has 4 bridgehead atoms. The number of hydrogen-bond donors (Lipinski definition) is 3. The molecule has 0 radical (unpaired) electrons. The second-order valence-electron chi connectivity index (χ2n) is 12.5. The number of aryl methyl sites for hydroxylation is 2. The van der Waals surface area contributed by atoms with Gasteiger partial charge in [-0.2, -0.15) is 11.8 Å². The van der Waals surface area contributed by atoms with Crippen LogP contribution in [0.2, 0.25) is 0 Å². The van der Waals surface area contributed by atoms with Crippen LogP contribution < -0.4 is 29.5 Å². The second kappa shape index (κ2) is 13.8. The summed E-state index contributed by atoms with van der Waals surface area (Å²) in [7, 11) is 0. The molecule has 4 aliphatic carbocycles. The number of aliphatic carboxylic acids is 1. The van der Waals surface area contributed by atoms with Crippen molar-refractivity contribution in [2.75, 3.05) is 18.6 Å². The predicted octanol–water partition coefficient (Wildman–Crippen LogP) is 2.98. The van der Waals surface area contributed by atoms with E-state index in [9.17, 15) is 19.5 Å². The summed E-state index contributed by atoms with van der Waals surface area (Å²) in [5, 5.41) is 15.6. The summed E-state index contributed by atoms with van der Waals surface area (Å²) in [4.78, 5) is 38.0. The van der Waals surface area contributed by atoms with Crippen LogP contribution in [0.4, 0.5) is 0 Å². The van der Waals surface area contributed by atoms with E-state index in [1.807, 2.05) is 49.6 Å². The molecule has 6 rings (SSSR count). The van der Waals surface area contributed by atoms with Gasteiger partial charge in [0.25, 0.3) is 5.91 Å². The topological polar surface area (TPSA) is 95.5 Å². The minimum absolute atomic E-state index is 0. The van der Waals surface area contributed by atoms with Gasteiger partial charge in [-0.05, 0) is 122 Å². The normalized spacial score (nSPS) is 24.8. The standard InChI is InChI=1S/C33H42N2O4S.Li.H/c1-21-5-3-4-6-26(21)28-16-22(7-9-27(28)31(37)35-29(32(38)39)11-12-40-2)8-10-30(36)34-20-33-17-23-13-24(18-33)15-25(14-23)19-33;;/h3-7,9,16,23-25,29H,8,10-15,17-20H2,1-2H3,(H,34,36)(H,35,37)(H,38,39);;/q;+1;-1/t23?,24?,25?,29-,33?;;/m0../s1. The van der Waals surface area contributed by atoms with Gasteiger partial charge in [0.1, 0.15) is 6.04 Å². The van der Waals surface area contributed by atoms with E-state index < -0.39 is 17.9 Å². The van der Waals surface area contributed by atoms with Gasteiger partial charge < -0.3 is 17.2 Å². The predicted molar refractivity (Wildman–Crippen MR) is 162 cm³/mol. The molecule has 1 atom stereocenters. The van der Waals surface area contributed by atoms with Gasteiger partial charge in [-0.15, -0.1) is 0 Å². The molecular formula is C33H43LiN2O4S. The summed E-state index contributed by atoms with van der Waals surface area (Å²) in [5.74, 6) is 1.92. The number of amides is 2. The van der Waals surface area contributed by atoms with Crippen LogP contribution in [0.15, 0.2) is 42.5 Å². The van der Waals surface area contributed by atoms with Crippen molar-refractivity contribution in [1.29, 1.82) is 0 Å². The summed E-state index contributed by atoms with van der Waals surface area (Å²) in [6.07, 6.45) is 11.3. The molecule has 0 unspecified atom stereocenters. The van der Waals surface area contributed by atoms with Gasteiger partial charge in [0.15, 0.2) is 0 Å². The molecule has 0 aliphatic heterocycles. The van der Waals surface area contributed by atoms with Crippen molar-refractivity contribution < 1.29 is 39.8 Å². The molecule has 4 aliphatic rings. The van der Waals surface area contributed by atoms with Gasteiger partial charge in [-0.1, -0.05) is 36.4 Å². The van der Waals surface area contributed by atoms with Crippen LogP contribution in [0.5, 0.6) is 0 Å². The van der Waals surface area contributed by atoms with Crippen molar-refractivity contribution in [2.45, 2.75) is 70.8 Å². The van der Waals surface area contributed by atoms with E-state index >= 15 is 0 Å². The number of thioether (sulfide) groups is 1. The molecule has 2 amide bonds. The Kier molecular flexibility index (Phi) is 10.7. The van der Waals surface area contributed by atoms with Crippen LogP contribution >= 0.6 is 11.8 Å². The summed E-state index contributed by atoms with van der Waals surface area (Å²) in [6.45, 7) is 2.81. The van der Waals surface area contributed by atoms with E-state index in [2.05, 4.69) is 10.6 Å². The number of carboxylic acid groups (broad SMARTS) is 1. The first-order valence-corrected chi connectivity index (χ1v) is 16.1. The van der Waals surface area contributed by atoms with E-state index in [0.29, 0.717) is 36.0 Å². The zero-order valence-electron chi connectivity index (χ0n) is 25.7. The Morgan fingerprint density at radius 3 is 2.29 bits per heavy atom. The monoisotopic (exact) mass is 570 g/mol. The molecule has 41 heavy (non-hydrogen) atoms. The molecule has 0 aromatic heterocycles. The average Bonchev–Trinajstić information content (AvgIpc) is 2.92. The van der Waals surface area contributed by atoms with Crippen LogP contribution in [0.1, 0.15) is 74.3 Å². The van der Waals surface area contributed by atoms with Gasteiger partial charge in [-0.3, -0.25) is 9.59 Å². The Hall–Kier alpha value is -2.20. The van der Waals surface area contributed by atoms with Crippen molar-refractivity contribution in [3.63, 3.8) is 0 Å². The van der Waals surface area contributed by atoms with Crippen molar-refractivity contribution in [1.82, 2.24) is 10.6 Å². The molecule has 0 heterocycles. The van der Waals surface area contributed by atoms with E-state index in [1.165, 1.54) is 38.5 Å². The molecular weight excluding hydrogens is 527 g/mol. The van der Waals surface area contributed by atoms with Crippen LogP contribution in [0.25, 0.3) is 11.1 Å². The number of carboxylic acids is 1. The maximum Gasteiger partial charge on any atom is 1.00 e. The minimum atomic E-state index is -1.03. The van der Waals surface area contributed by atoms with Crippen molar-refractivity contribution in [2.24, 2.45) is 23.2 Å². The molecule has 4 fully saturated rings. The van der Waals surface area contributed by atoms with Gasteiger partial charge in [0.2, 0.25) is 5.91 Å². The molecule has 2 aromatic rings. The maximum atomic E-state index is 13.3. The Labute approximate surface area is 261 Å². The van der Waals surface area contributed by atoms with Crippen LogP contribution in [0.3, 0.4) is 0 Å². The fraction of sp³-hybridized carbons (Fsp3) is 0.545. The van der Waals surface area contributed by atoms with E-state index in [4.69, 9.17) is 0 Å². The molecule has 6 nitrogen and oxygen atoms in total. The van der Waals surface area contributed by atoms with Crippen molar-refractivity contribution in [3.05, 3.63) is 59.2 Å². The van der Waals surface area contributed by atoms with Crippen LogP contribution in [-0.4, -0.2) is 47.5 Å². The molecule has 0 saturated heterocycles. The Balaban J connectivity index is 0.00000242. The second-order valence-corrected chi connectivity index (χ2v) is 13.5. The minimum Gasteiger partial charge on any atom is -1.00 e. The quantitative estimate of drug-likeness (QED) is 0.341. The SMILES string of the molecule is CSCC[C@H](NC(=O)c1ccc(CCC(=O)NCC23CC4CC(CC(C4)C2)C3)cc1-c1ccccc1C)C(=O)O.[H-].[Li+]. The number of benzene rings is 2. The zero-order chi connectivity index (χ0) is 28.3. The van der Waals surface area contributed by atoms with Gasteiger partial charge in [0, 0.05) is 18.5 Å². The molecule has 8 heteroatoms. The third-order valence-corrected chi connectivity index (χ3v) is 10.1. The van der Waals surface area contributed by atoms with E-state index in [0.717, 1.165) is 46.6 Å². The zero-order valence-corrected chi connectivity index (χ0v) is 25.5. The molecule has 0 spiro atoms. The first-order valence-electron chi connectivity index (χ1n) is 14.7. The summed E-state index contributed by atoms with van der Waals surface area (Å²) < 4.78 is 0. The van der Waals surface area contributed by atoms with Gasteiger partial charge >= 0.3 is 24.8 Å². The first kappa shape index (κ1) is 31.7. The third-order valence-electron chi connectivity index (χ3n) is 9.44. The molecule has 216 valence electrons. The maximum absolute atomic E-state index is 13.3. The largest absolute Gasteiger partial charge is 1.00 e. The summed E-state index contributed by atoms with van der Waals surface area (Å²) >= 11 is 1.55. The number of carbonyl (C=O) groups excluding carboxylic acids is 2. The fourth-order valence-corrected chi connectivity index (χ4v) is 8.38. The Morgan fingerprint density at radius 2 is 1.68 bits per heavy atom. The number of hydrogen-bond acceptors (Lipinski definition) is 4. The van der Waals surface area contributed by atoms with Crippen LogP contribution in [-0.2, 0) is 16.0 Å². The number of carbonyl (C=O) groups is 3. The first-order chi connectivity index (χ1) is 19.2. The summed E-state index contributed by atoms with van der Waals surface area (Å²) in [6, 6.07) is 12.6. The number of nitrogens with one attached hydrogen (secondary N) is 2. The van der Waals surface area contributed by atoms with Gasteiger partial charge in [-0.25, -0.2) is 4.79 Å². The van der Waals surface area contributed by atoms with Crippen molar-refractivity contribution in [3.8, 4) is 11.1 Å². The average molecular weight is 571 g/mol. The van der Waals surface area contributed by atoms with Crippen molar-refractivity contribution >= 4 is 29.5 Å². The number of rotatable bonds is 12. The molecule has 2 aromatic carbocycles.